The molecule has 0 saturated heterocycles. The van der Waals surface area contributed by atoms with Crippen molar-refractivity contribution in [3.05, 3.63) is 59.9 Å². The Hall–Kier alpha value is -2.24. The van der Waals surface area contributed by atoms with Gasteiger partial charge in [-0.15, -0.1) is 0 Å². The van der Waals surface area contributed by atoms with E-state index in [1.165, 1.54) is 5.56 Å². The van der Waals surface area contributed by atoms with E-state index in [2.05, 4.69) is 59.6 Å². The lowest BCUT2D eigenvalue weighted by Gasteiger charge is -2.19. The molecular formula is C20H26N4O. The van der Waals surface area contributed by atoms with E-state index in [-0.39, 0.29) is 12.6 Å². The van der Waals surface area contributed by atoms with Gasteiger partial charge in [-0.3, -0.25) is 0 Å². The third-order valence-corrected chi connectivity index (χ3v) is 4.38. The Morgan fingerprint density at radius 1 is 1.16 bits per heavy atom. The summed E-state index contributed by atoms with van der Waals surface area (Å²) in [6, 6.07) is 13.1. The summed E-state index contributed by atoms with van der Waals surface area (Å²) in [4.78, 5) is 4.60. The summed E-state index contributed by atoms with van der Waals surface area (Å²) in [6.07, 6.45) is 5.49. The van der Waals surface area contributed by atoms with Crippen LogP contribution in [0.4, 0.5) is 0 Å². The predicted molar refractivity (Wildman–Crippen MR) is 100 cm³/mol. The van der Waals surface area contributed by atoms with Crippen LogP contribution in [0.1, 0.15) is 49.9 Å². The fourth-order valence-corrected chi connectivity index (χ4v) is 3.07. The standard InChI is InChI=1S/C20H26N4O/c1-15(2)24-20-18(14-23-24)11-16(13-22-20)12-21-19(9-6-10-25)17-7-4-3-5-8-17/h3-5,7-8,11,13-15,19,21,25H,6,9-10,12H2,1-2H3. The summed E-state index contributed by atoms with van der Waals surface area (Å²) in [7, 11) is 0. The van der Waals surface area contributed by atoms with Gasteiger partial charge in [-0.1, -0.05) is 30.3 Å². The molecule has 0 amide bonds. The molecule has 2 heterocycles. The maximum absolute atomic E-state index is 9.17. The molecule has 25 heavy (non-hydrogen) atoms. The first kappa shape index (κ1) is 17.6. The van der Waals surface area contributed by atoms with E-state index in [1.807, 2.05) is 23.1 Å². The summed E-state index contributed by atoms with van der Waals surface area (Å²) in [5.74, 6) is 0. The first-order valence-electron chi connectivity index (χ1n) is 8.90. The van der Waals surface area contributed by atoms with Crippen LogP contribution in [-0.4, -0.2) is 26.5 Å². The maximum atomic E-state index is 9.17. The zero-order chi connectivity index (χ0) is 17.6. The molecule has 0 saturated carbocycles. The van der Waals surface area contributed by atoms with E-state index in [1.54, 1.807) is 0 Å². The Labute approximate surface area is 148 Å². The highest BCUT2D eigenvalue weighted by molar-refractivity contribution is 5.75. The number of hydrogen-bond acceptors (Lipinski definition) is 4. The monoisotopic (exact) mass is 338 g/mol. The molecular weight excluding hydrogens is 312 g/mol. The number of aromatic nitrogens is 3. The van der Waals surface area contributed by atoms with Crippen molar-refractivity contribution in [3.8, 4) is 0 Å². The van der Waals surface area contributed by atoms with Crippen LogP contribution < -0.4 is 5.32 Å². The second-order valence-corrected chi connectivity index (χ2v) is 6.65. The normalized spacial score (nSPS) is 12.8. The van der Waals surface area contributed by atoms with Crippen molar-refractivity contribution in [1.29, 1.82) is 0 Å². The summed E-state index contributed by atoms with van der Waals surface area (Å²) >= 11 is 0. The number of aliphatic hydroxyl groups is 1. The molecule has 0 bridgehead atoms. The molecule has 0 fully saturated rings. The van der Waals surface area contributed by atoms with Crippen molar-refractivity contribution in [2.75, 3.05) is 6.61 Å². The van der Waals surface area contributed by atoms with E-state index in [0.29, 0.717) is 6.04 Å². The molecule has 0 aliphatic heterocycles. The molecule has 2 aromatic heterocycles. The van der Waals surface area contributed by atoms with Crippen LogP contribution >= 0.6 is 0 Å². The lowest BCUT2D eigenvalue weighted by atomic mass is 10.0. The highest BCUT2D eigenvalue weighted by Gasteiger charge is 2.12. The van der Waals surface area contributed by atoms with Crippen LogP contribution in [0, 0.1) is 0 Å². The Morgan fingerprint density at radius 2 is 1.96 bits per heavy atom. The first-order valence-corrected chi connectivity index (χ1v) is 8.90. The van der Waals surface area contributed by atoms with Crippen molar-refractivity contribution in [2.45, 2.75) is 45.3 Å². The van der Waals surface area contributed by atoms with Gasteiger partial charge in [0, 0.05) is 36.8 Å². The molecule has 5 nitrogen and oxygen atoms in total. The van der Waals surface area contributed by atoms with Gasteiger partial charge in [-0.05, 0) is 43.9 Å². The third kappa shape index (κ3) is 4.24. The predicted octanol–water partition coefficient (Wildman–Crippen LogP) is 3.62. The Balaban J connectivity index is 1.73. The van der Waals surface area contributed by atoms with Gasteiger partial charge in [0.2, 0.25) is 0 Å². The molecule has 1 unspecified atom stereocenters. The van der Waals surface area contributed by atoms with E-state index in [0.717, 1.165) is 36.0 Å². The number of aliphatic hydroxyl groups excluding tert-OH is 1. The highest BCUT2D eigenvalue weighted by atomic mass is 16.2. The lowest BCUT2D eigenvalue weighted by molar-refractivity contribution is 0.275. The van der Waals surface area contributed by atoms with E-state index >= 15 is 0 Å². The molecule has 132 valence electrons. The smallest absolute Gasteiger partial charge is 0.157 e. The fourth-order valence-electron chi connectivity index (χ4n) is 3.07. The maximum Gasteiger partial charge on any atom is 0.157 e. The molecule has 0 radical (unpaired) electrons. The number of fused-ring (bicyclic) bond motifs is 1. The second-order valence-electron chi connectivity index (χ2n) is 6.65. The minimum absolute atomic E-state index is 0.215. The van der Waals surface area contributed by atoms with Gasteiger partial charge >= 0.3 is 0 Å². The number of nitrogens with one attached hydrogen (secondary N) is 1. The molecule has 1 aromatic carbocycles. The summed E-state index contributed by atoms with van der Waals surface area (Å²) in [5.41, 5.74) is 3.32. The largest absolute Gasteiger partial charge is 0.396 e. The van der Waals surface area contributed by atoms with Gasteiger partial charge in [-0.2, -0.15) is 5.10 Å². The molecule has 3 rings (SSSR count). The minimum Gasteiger partial charge on any atom is -0.396 e. The number of benzene rings is 1. The fraction of sp³-hybridized carbons (Fsp3) is 0.400. The van der Waals surface area contributed by atoms with Gasteiger partial charge in [0.1, 0.15) is 0 Å². The summed E-state index contributed by atoms with van der Waals surface area (Å²) in [6.45, 7) is 5.16. The van der Waals surface area contributed by atoms with Crippen molar-refractivity contribution in [3.63, 3.8) is 0 Å². The van der Waals surface area contributed by atoms with Crippen LogP contribution in [-0.2, 0) is 6.54 Å². The van der Waals surface area contributed by atoms with Crippen molar-refractivity contribution in [2.24, 2.45) is 0 Å². The highest BCUT2D eigenvalue weighted by Crippen LogP contribution is 2.20. The molecule has 1 atom stereocenters. The first-order chi connectivity index (χ1) is 12.2. The van der Waals surface area contributed by atoms with Crippen molar-refractivity contribution >= 4 is 11.0 Å². The molecule has 0 aliphatic carbocycles. The molecule has 3 aromatic rings. The SMILES string of the molecule is CC(C)n1ncc2cc(CNC(CCCO)c3ccccc3)cnc21. The average Bonchev–Trinajstić information content (AvgIpc) is 3.06. The number of nitrogens with zero attached hydrogens (tertiary/aromatic N) is 3. The summed E-state index contributed by atoms with van der Waals surface area (Å²) in [5, 5.41) is 18.3. The van der Waals surface area contributed by atoms with Gasteiger partial charge in [0.05, 0.1) is 6.20 Å². The Bertz CT molecular complexity index is 798. The average molecular weight is 338 g/mol. The zero-order valence-electron chi connectivity index (χ0n) is 14.9. The lowest BCUT2D eigenvalue weighted by Crippen LogP contribution is -2.21. The Morgan fingerprint density at radius 3 is 2.68 bits per heavy atom. The van der Waals surface area contributed by atoms with Crippen LogP contribution in [0.2, 0.25) is 0 Å². The third-order valence-electron chi connectivity index (χ3n) is 4.38. The number of rotatable bonds is 8. The van der Waals surface area contributed by atoms with E-state index in [4.69, 9.17) is 5.11 Å². The quantitative estimate of drug-likeness (QED) is 0.658. The second kappa shape index (κ2) is 8.23. The zero-order valence-corrected chi connectivity index (χ0v) is 14.9. The van der Waals surface area contributed by atoms with Gasteiger partial charge in [0.25, 0.3) is 0 Å². The minimum atomic E-state index is 0.215. The van der Waals surface area contributed by atoms with Crippen LogP contribution in [0.25, 0.3) is 11.0 Å². The Kier molecular flexibility index (Phi) is 5.79. The van der Waals surface area contributed by atoms with Crippen LogP contribution in [0.15, 0.2) is 48.8 Å². The van der Waals surface area contributed by atoms with Gasteiger partial charge < -0.3 is 10.4 Å². The number of hydrogen-bond donors (Lipinski definition) is 2. The van der Waals surface area contributed by atoms with Gasteiger partial charge in [0.15, 0.2) is 5.65 Å². The molecule has 0 spiro atoms. The van der Waals surface area contributed by atoms with E-state index < -0.39 is 0 Å². The van der Waals surface area contributed by atoms with Crippen molar-refractivity contribution < 1.29 is 5.11 Å². The van der Waals surface area contributed by atoms with Gasteiger partial charge in [-0.25, -0.2) is 9.67 Å². The molecule has 5 heteroatoms. The molecule has 0 aliphatic rings. The molecule has 2 N–H and O–H groups in total. The van der Waals surface area contributed by atoms with E-state index in [9.17, 15) is 0 Å². The topological polar surface area (TPSA) is 63.0 Å². The van der Waals surface area contributed by atoms with Crippen LogP contribution in [0.3, 0.4) is 0 Å². The summed E-state index contributed by atoms with van der Waals surface area (Å²) < 4.78 is 1.95. The van der Waals surface area contributed by atoms with Crippen LogP contribution in [0.5, 0.6) is 0 Å². The van der Waals surface area contributed by atoms with Crippen molar-refractivity contribution in [1.82, 2.24) is 20.1 Å². The number of pyridine rings is 1.